The molecule has 2 aromatic rings. The molecule has 1 saturated heterocycles. The highest BCUT2D eigenvalue weighted by Gasteiger charge is 2.18. The van der Waals surface area contributed by atoms with E-state index in [4.69, 9.17) is 9.52 Å². The Balaban J connectivity index is 1.55. The summed E-state index contributed by atoms with van der Waals surface area (Å²) in [5.74, 6) is 1.88. The van der Waals surface area contributed by atoms with E-state index in [1.807, 2.05) is 12.1 Å². The molecule has 0 aliphatic carbocycles. The van der Waals surface area contributed by atoms with Crippen molar-refractivity contribution in [3.8, 4) is 0 Å². The molecule has 0 spiro atoms. The van der Waals surface area contributed by atoms with Gasteiger partial charge in [-0.3, -0.25) is 9.88 Å². The fourth-order valence-electron chi connectivity index (χ4n) is 2.35. The highest BCUT2D eigenvalue weighted by molar-refractivity contribution is 5.36. The third-order valence-corrected chi connectivity index (χ3v) is 3.51. The minimum absolute atomic E-state index is 0.0653. The van der Waals surface area contributed by atoms with Crippen molar-refractivity contribution in [2.75, 3.05) is 31.1 Å². The van der Waals surface area contributed by atoms with Gasteiger partial charge in [0.05, 0.1) is 37.5 Å². The summed E-state index contributed by atoms with van der Waals surface area (Å²) in [5, 5.41) is 8.96. The van der Waals surface area contributed by atoms with Crippen LogP contribution in [0.5, 0.6) is 0 Å². The number of aromatic nitrogens is 2. The van der Waals surface area contributed by atoms with Crippen molar-refractivity contribution in [1.82, 2.24) is 14.9 Å². The summed E-state index contributed by atoms with van der Waals surface area (Å²) in [4.78, 5) is 13.1. The molecule has 0 radical (unpaired) electrons. The molecular weight excluding hydrogens is 256 g/mol. The predicted octanol–water partition coefficient (Wildman–Crippen LogP) is 0.884. The number of aliphatic hydroxyl groups excluding tert-OH is 1. The van der Waals surface area contributed by atoms with Crippen LogP contribution in [0.4, 0.5) is 5.82 Å². The van der Waals surface area contributed by atoms with Gasteiger partial charge < -0.3 is 14.4 Å². The van der Waals surface area contributed by atoms with Crippen LogP contribution in [0.3, 0.4) is 0 Å². The molecule has 2 aromatic heterocycles. The van der Waals surface area contributed by atoms with Crippen LogP contribution in [0.25, 0.3) is 0 Å². The van der Waals surface area contributed by atoms with Crippen molar-refractivity contribution >= 4 is 5.82 Å². The molecule has 0 bridgehead atoms. The molecule has 3 heterocycles. The highest BCUT2D eigenvalue weighted by atomic mass is 16.3. The van der Waals surface area contributed by atoms with Crippen LogP contribution in [0.15, 0.2) is 35.2 Å². The summed E-state index contributed by atoms with van der Waals surface area (Å²) in [6, 6.07) is 3.93. The van der Waals surface area contributed by atoms with Gasteiger partial charge in [-0.1, -0.05) is 0 Å². The van der Waals surface area contributed by atoms with E-state index in [1.165, 1.54) is 0 Å². The molecule has 0 saturated carbocycles. The fourth-order valence-corrected chi connectivity index (χ4v) is 2.35. The van der Waals surface area contributed by atoms with Crippen LogP contribution < -0.4 is 4.90 Å². The van der Waals surface area contributed by atoms with Gasteiger partial charge in [0.1, 0.15) is 11.6 Å². The van der Waals surface area contributed by atoms with Crippen LogP contribution in [-0.4, -0.2) is 46.2 Å². The number of furan rings is 1. The van der Waals surface area contributed by atoms with E-state index in [-0.39, 0.29) is 6.61 Å². The van der Waals surface area contributed by atoms with Crippen molar-refractivity contribution in [2.45, 2.75) is 13.2 Å². The Morgan fingerprint density at radius 3 is 2.60 bits per heavy atom. The molecule has 0 atom stereocenters. The van der Waals surface area contributed by atoms with Gasteiger partial charge in [-0.05, 0) is 12.1 Å². The maximum atomic E-state index is 8.96. The Bertz CT molecular complexity index is 519. The zero-order valence-corrected chi connectivity index (χ0v) is 11.3. The molecule has 1 aliphatic rings. The SMILES string of the molecule is OCc1cnc(N2CCN(Cc3ccco3)CC2)cn1. The lowest BCUT2D eigenvalue weighted by atomic mass is 10.3. The molecule has 20 heavy (non-hydrogen) atoms. The summed E-state index contributed by atoms with van der Waals surface area (Å²) >= 11 is 0. The van der Waals surface area contributed by atoms with Crippen molar-refractivity contribution in [1.29, 1.82) is 0 Å². The average Bonchev–Trinajstić information content (AvgIpc) is 3.01. The Kier molecular flexibility index (Phi) is 3.94. The monoisotopic (exact) mass is 274 g/mol. The first kappa shape index (κ1) is 13.1. The molecule has 1 N–H and O–H groups in total. The molecule has 1 fully saturated rings. The quantitative estimate of drug-likeness (QED) is 0.893. The first-order valence-corrected chi connectivity index (χ1v) is 6.76. The molecule has 6 nitrogen and oxygen atoms in total. The highest BCUT2D eigenvalue weighted by Crippen LogP contribution is 2.14. The second kappa shape index (κ2) is 6.02. The number of aliphatic hydroxyl groups is 1. The van der Waals surface area contributed by atoms with Crippen molar-refractivity contribution in [3.05, 3.63) is 42.2 Å². The summed E-state index contributed by atoms with van der Waals surface area (Å²) < 4.78 is 5.37. The van der Waals surface area contributed by atoms with Gasteiger partial charge in [-0.2, -0.15) is 0 Å². The Labute approximate surface area is 117 Å². The fraction of sp³-hybridized carbons (Fsp3) is 0.429. The van der Waals surface area contributed by atoms with Crippen molar-refractivity contribution < 1.29 is 9.52 Å². The third kappa shape index (κ3) is 2.97. The zero-order valence-electron chi connectivity index (χ0n) is 11.3. The summed E-state index contributed by atoms with van der Waals surface area (Å²) in [5.41, 5.74) is 0.602. The molecule has 0 amide bonds. The Morgan fingerprint density at radius 1 is 1.15 bits per heavy atom. The lowest BCUT2D eigenvalue weighted by Gasteiger charge is -2.34. The minimum Gasteiger partial charge on any atom is -0.468 e. The van der Waals surface area contributed by atoms with Crippen LogP contribution in [-0.2, 0) is 13.2 Å². The lowest BCUT2D eigenvalue weighted by Crippen LogP contribution is -2.46. The van der Waals surface area contributed by atoms with E-state index < -0.39 is 0 Å². The van der Waals surface area contributed by atoms with Gasteiger partial charge in [-0.15, -0.1) is 0 Å². The molecule has 0 aromatic carbocycles. The van der Waals surface area contributed by atoms with Gasteiger partial charge in [0.15, 0.2) is 0 Å². The number of anilines is 1. The van der Waals surface area contributed by atoms with E-state index in [9.17, 15) is 0 Å². The van der Waals surface area contributed by atoms with E-state index in [0.717, 1.165) is 44.3 Å². The van der Waals surface area contributed by atoms with E-state index in [1.54, 1.807) is 18.7 Å². The van der Waals surface area contributed by atoms with Crippen LogP contribution in [0, 0.1) is 0 Å². The molecule has 3 rings (SSSR count). The molecule has 106 valence electrons. The maximum absolute atomic E-state index is 8.96. The second-order valence-electron chi connectivity index (χ2n) is 4.87. The van der Waals surface area contributed by atoms with E-state index in [2.05, 4.69) is 19.8 Å². The number of hydrogen-bond acceptors (Lipinski definition) is 6. The van der Waals surface area contributed by atoms with Gasteiger partial charge in [-0.25, -0.2) is 4.98 Å². The Morgan fingerprint density at radius 2 is 2.00 bits per heavy atom. The zero-order chi connectivity index (χ0) is 13.8. The van der Waals surface area contributed by atoms with E-state index in [0.29, 0.717) is 5.69 Å². The number of rotatable bonds is 4. The van der Waals surface area contributed by atoms with Crippen molar-refractivity contribution in [2.24, 2.45) is 0 Å². The predicted molar refractivity (Wildman–Crippen MR) is 74.2 cm³/mol. The number of nitrogens with zero attached hydrogens (tertiary/aromatic N) is 4. The Hall–Kier alpha value is -1.92. The number of piperazine rings is 1. The van der Waals surface area contributed by atoms with Crippen LogP contribution >= 0.6 is 0 Å². The smallest absolute Gasteiger partial charge is 0.147 e. The molecule has 1 aliphatic heterocycles. The van der Waals surface area contributed by atoms with Gasteiger partial charge in [0, 0.05) is 26.2 Å². The first-order chi connectivity index (χ1) is 9.85. The van der Waals surface area contributed by atoms with Crippen molar-refractivity contribution in [3.63, 3.8) is 0 Å². The van der Waals surface area contributed by atoms with Gasteiger partial charge in [0.25, 0.3) is 0 Å². The number of hydrogen-bond donors (Lipinski definition) is 1. The van der Waals surface area contributed by atoms with Crippen LogP contribution in [0.2, 0.25) is 0 Å². The average molecular weight is 274 g/mol. The second-order valence-corrected chi connectivity index (χ2v) is 4.87. The molecular formula is C14H18N4O2. The van der Waals surface area contributed by atoms with Gasteiger partial charge in [0.2, 0.25) is 0 Å². The normalized spacial score (nSPS) is 16.6. The molecule has 6 heteroatoms. The summed E-state index contributed by atoms with van der Waals surface area (Å²) in [7, 11) is 0. The van der Waals surface area contributed by atoms with Crippen LogP contribution in [0.1, 0.15) is 11.5 Å². The first-order valence-electron chi connectivity index (χ1n) is 6.76. The lowest BCUT2D eigenvalue weighted by molar-refractivity contribution is 0.230. The van der Waals surface area contributed by atoms with Gasteiger partial charge >= 0.3 is 0 Å². The summed E-state index contributed by atoms with van der Waals surface area (Å²) in [6.45, 7) is 4.59. The largest absolute Gasteiger partial charge is 0.468 e. The van der Waals surface area contributed by atoms with E-state index >= 15 is 0 Å². The summed E-state index contributed by atoms with van der Waals surface area (Å²) in [6.07, 6.45) is 5.07. The minimum atomic E-state index is -0.0653. The molecule has 0 unspecified atom stereocenters. The topological polar surface area (TPSA) is 65.6 Å². The standard InChI is InChI=1S/C14H18N4O2/c19-11-12-8-16-14(9-15-12)18-5-3-17(4-6-18)10-13-2-1-7-20-13/h1-2,7-9,19H,3-6,10-11H2. The maximum Gasteiger partial charge on any atom is 0.147 e. The third-order valence-electron chi connectivity index (χ3n) is 3.51.